The Morgan fingerprint density at radius 2 is 2.00 bits per heavy atom. The van der Waals surface area contributed by atoms with Crippen LogP contribution in [0.25, 0.3) is 10.9 Å². The normalized spacial score (nSPS) is 21.4. The molecule has 2 atom stereocenters. The van der Waals surface area contributed by atoms with Gasteiger partial charge in [-0.25, -0.2) is 0 Å². The Kier molecular flexibility index (Phi) is 3.99. The molecule has 0 radical (unpaired) electrons. The van der Waals surface area contributed by atoms with Gasteiger partial charge in [0.1, 0.15) is 0 Å². The van der Waals surface area contributed by atoms with Crippen molar-refractivity contribution in [3.63, 3.8) is 0 Å². The first-order valence-electron chi connectivity index (χ1n) is 8.18. The molecular weight excluding hydrogens is 256 g/mol. The van der Waals surface area contributed by atoms with Crippen LogP contribution in [0.3, 0.4) is 0 Å². The summed E-state index contributed by atoms with van der Waals surface area (Å²) in [5.41, 5.74) is 2.83. The number of hydrogen-bond acceptors (Lipinski definition) is 2. The standard InChI is InChI=1S/C19H26N2/c1-4-11-20-18(16-13-19(16,2)3)12-15-10-9-14-7-5-6-8-17(14)21-15/h5-10,16,18,20H,4,11-13H2,1-3H3. The van der Waals surface area contributed by atoms with Gasteiger partial charge in [0.15, 0.2) is 0 Å². The second kappa shape index (κ2) is 5.76. The fourth-order valence-electron chi connectivity index (χ4n) is 3.33. The van der Waals surface area contributed by atoms with Gasteiger partial charge in [-0.05, 0) is 42.9 Å². The van der Waals surface area contributed by atoms with Crippen LogP contribution in [0.1, 0.15) is 39.3 Å². The van der Waals surface area contributed by atoms with Crippen LogP contribution < -0.4 is 5.32 Å². The number of hydrogen-bond donors (Lipinski definition) is 1. The number of nitrogens with zero attached hydrogens (tertiary/aromatic N) is 1. The molecule has 0 amide bonds. The highest BCUT2D eigenvalue weighted by Gasteiger charge is 2.49. The van der Waals surface area contributed by atoms with E-state index in [4.69, 9.17) is 4.98 Å². The summed E-state index contributed by atoms with van der Waals surface area (Å²) in [7, 11) is 0. The van der Waals surface area contributed by atoms with Crippen LogP contribution in [0.5, 0.6) is 0 Å². The topological polar surface area (TPSA) is 24.9 Å². The summed E-state index contributed by atoms with van der Waals surface area (Å²) in [5.74, 6) is 0.789. The summed E-state index contributed by atoms with van der Waals surface area (Å²) in [6, 6.07) is 13.3. The first kappa shape index (κ1) is 14.5. The van der Waals surface area contributed by atoms with Gasteiger partial charge in [-0.2, -0.15) is 0 Å². The predicted octanol–water partition coefficient (Wildman–Crippen LogP) is 4.19. The van der Waals surface area contributed by atoms with Crippen molar-refractivity contribution in [3.8, 4) is 0 Å². The van der Waals surface area contributed by atoms with Gasteiger partial charge in [-0.3, -0.25) is 4.98 Å². The van der Waals surface area contributed by atoms with E-state index in [1.807, 2.05) is 0 Å². The molecule has 0 aliphatic heterocycles. The molecule has 0 bridgehead atoms. The van der Waals surface area contributed by atoms with Gasteiger partial charge in [0.25, 0.3) is 0 Å². The summed E-state index contributed by atoms with van der Waals surface area (Å²) in [5, 5.41) is 4.97. The summed E-state index contributed by atoms with van der Waals surface area (Å²) in [4.78, 5) is 4.84. The van der Waals surface area contributed by atoms with E-state index < -0.39 is 0 Å². The van der Waals surface area contributed by atoms with Gasteiger partial charge in [0, 0.05) is 23.5 Å². The first-order chi connectivity index (χ1) is 10.1. The molecule has 2 unspecified atom stereocenters. The first-order valence-corrected chi connectivity index (χ1v) is 8.18. The van der Waals surface area contributed by atoms with Crippen molar-refractivity contribution in [1.29, 1.82) is 0 Å². The molecule has 1 aromatic carbocycles. The van der Waals surface area contributed by atoms with E-state index in [-0.39, 0.29) is 0 Å². The van der Waals surface area contributed by atoms with Crippen molar-refractivity contribution in [2.75, 3.05) is 6.54 Å². The number of fused-ring (bicyclic) bond motifs is 1. The van der Waals surface area contributed by atoms with Gasteiger partial charge in [0.2, 0.25) is 0 Å². The SMILES string of the molecule is CCCNC(Cc1ccc2ccccc2n1)C1CC1(C)C. The number of rotatable bonds is 6. The van der Waals surface area contributed by atoms with Crippen molar-refractivity contribution >= 4 is 10.9 Å². The lowest BCUT2D eigenvalue weighted by molar-refractivity contribution is 0.400. The number of benzene rings is 1. The van der Waals surface area contributed by atoms with Gasteiger partial charge in [-0.15, -0.1) is 0 Å². The van der Waals surface area contributed by atoms with Crippen molar-refractivity contribution in [1.82, 2.24) is 10.3 Å². The second-order valence-corrected chi connectivity index (χ2v) is 7.06. The maximum atomic E-state index is 4.84. The largest absolute Gasteiger partial charge is 0.313 e. The third-order valence-electron chi connectivity index (χ3n) is 4.82. The van der Waals surface area contributed by atoms with Crippen molar-refractivity contribution in [2.45, 2.75) is 46.1 Å². The minimum Gasteiger partial charge on any atom is -0.313 e. The van der Waals surface area contributed by atoms with Crippen LogP contribution in [0, 0.1) is 11.3 Å². The molecule has 21 heavy (non-hydrogen) atoms. The van der Waals surface area contributed by atoms with E-state index in [1.165, 1.54) is 23.9 Å². The Hall–Kier alpha value is -1.41. The maximum Gasteiger partial charge on any atom is 0.0705 e. The highest BCUT2D eigenvalue weighted by Crippen LogP contribution is 2.54. The summed E-state index contributed by atoms with van der Waals surface area (Å²) in [6.07, 6.45) is 3.57. The molecule has 1 saturated carbocycles. The lowest BCUT2D eigenvalue weighted by Gasteiger charge is -2.20. The van der Waals surface area contributed by atoms with E-state index in [2.05, 4.69) is 62.5 Å². The average molecular weight is 282 g/mol. The zero-order valence-corrected chi connectivity index (χ0v) is 13.4. The number of nitrogens with one attached hydrogen (secondary N) is 1. The Labute approximate surface area is 128 Å². The maximum absolute atomic E-state index is 4.84. The molecule has 1 heterocycles. The Morgan fingerprint density at radius 1 is 1.24 bits per heavy atom. The fraction of sp³-hybridized carbons (Fsp3) is 0.526. The Morgan fingerprint density at radius 3 is 2.71 bits per heavy atom. The molecule has 1 fully saturated rings. The molecule has 2 aromatic rings. The number of para-hydroxylation sites is 1. The molecule has 0 spiro atoms. The molecule has 2 heteroatoms. The number of pyridine rings is 1. The van der Waals surface area contributed by atoms with E-state index in [9.17, 15) is 0 Å². The van der Waals surface area contributed by atoms with Crippen molar-refractivity contribution in [3.05, 3.63) is 42.1 Å². The highest BCUT2D eigenvalue weighted by atomic mass is 14.9. The molecule has 1 aliphatic rings. The molecule has 3 rings (SSSR count). The molecule has 2 nitrogen and oxygen atoms in total. The predicted molar refractivity (Wildman–Crippen MR) is 89.4 cm³/mol. The Bertz CT molecular complexity index is 618. The fourth-order valence-corrected chi connectivity index (χ4v) is 3.33. The molecular formula is C19H26N2. The van der Waals surface area contributed by atoms with Crippen molar-refractivity contribution in [2.24, 2.45) is 11.3 Å². The monoisotopic (exact) mass is 282 g/mol. The van der Waals surface area contributed by atoms with Gasteiger partial charge in [0.05, 0.1) is 5.52 Å². The third-order valence-corrected chi connectivity index (χ3v) is 4.82. The van der Waals surface area contributed by atoms with Gasteiger partial charge in [-0.1, -0.05) is 45.0 Å². The zero-order valence-electron chi connectivity index (χ0n) is 13.4. The van der Waals surface area contributed by atoms with Gasteiger partial charge < -0.3 is 5.32 Å². The summed E-state index contributed by atoms with van der Waals surface area (Å²) < 4.78 is 0. The molecule has 1 aromatic heterocycles. The van der Waals surface area contributed by atoms with Crippen LogP contribution >= 0.6 is 0 Å². The lowest BCUT2D eigenvalue weighted by atomic mass is 9.99. The smallest absolute Gasteiger partial charge is 0.0705 e. The van der Waals surface area contributed by atoms with Crippen molar-refractivity contribution < 1.29 is 0 Å². The molecule has 1 aliphatic carbocycles. The minimum atomic E-state index is 0.502. The Balaban J connectivity index is 1.77. The van der Waals surface area contributed by atoms with E-state index in [1.54, 1.807) is 0 Å². The third kappa shape index (κ3) is 3.26. The summed E-state index contributed by atoms with van der Waals surface area (Å²) in [6.45, 7) is 8.10. The van der Waals surface area contributed by atoms with Gasteiger partial charge >= 0.3 is 0 Å². The second-order valence-electron chi connectivity index (χ2n) is 7.06. The lowest BCUT2D eigenvalue weighted by Crippen LogP contribution is -2.35. The van der Waals surface area contributed by atoms with Crippen LogP contribution in [-0.4, -0.2) is 17.6 Å². The van der Waals surface area contributed by atoms with E-state index >= 15 is 0 Å². The quantitative estimate of drug-likeness (QED) is 0.859. The number of aromatic nitrogens is 1. The van der Waals surface area contributed by atoms with Crippen LogP contribution in [0.15, 0.2) is 36.4 Å². The molecule has 1 N–H and O–H groups in total. The van der Waals surface area contributed by atoms with Crippen LogP contribution in [-0.2, 0) is 6.42 Å². The molecule has 0 saturated heterocycles. The summed E-state index contributed by atoms with van der Waals surface area (Å²) >= 11 is 0. The van der Waals surface area contributed by atoms with E-state index in [0.717, 1.165) is 24.4 Å². The minimum absolute atomic E-state index is 0.502. The average Bonchev–Trinajstić information content (AvgIpc) is 3.12. The van der Waals surface area contributed by atoms with Crippen LogP contribution in [0.4, 0.5) is 0 Å². The van der Waals surface area contributed by atoms with Crippen LogP contribution in [0.2, 0.25) is 0 Å². The molecule has 112 valence electrons. The highest BCUT2D eigenvalue weighted by molar-refractivity contribution is 5.78. The van der Waals surface area contributed by atoms with E-state index in [0.29, 0.717) is 11.5 Å². The zero-order chi connectivity index (χ0) is 14.9.